The molecular formula is C19H21ClN4O. The first-order valence-electron chi connectivity index (χ1n) is 7.70. The molecule has 130 valence electrons. The molecule has 0 saturated carbocycles. The Balaban J connectivity index is 0.00000225. The Kier molecular flexibility index (Phi) is 5.30. The molecule has 0 unspecified atom stereocenters. The van der Waals surface area contributed by atoms with Crippen molar-refractivity contribution in [3.63, 3.8) is 0 Å². The van der Waals surface area contributed by atoms with Crippen LogP contribution in [0.15, 0.2) is 64.8 Å². The Hall–Kier alpha value is -2.63. The summed E-state index contributed by atoms with van der Waals surface area (Å²) in [7, 11) is 6.28. The number of para-hydroxylation sites is 1. The molecule has 3 aromatic rings. The van der Waals surface area contributed by atoms with Gasteiger partial charge in [0.25, 0.3) is 0 Å². The number of azo groups is 1. The average molecular weight is 357 g/mol. The molecule has 0 atom stereocenters. The monoisotopic (exact) mass is 356 g/mol. The SMILES string of the molecule is C[N+](C)(C)c1ccc2ccc(O)c(/N=N/c3ccccc3N)c2c1.[Cl-]. The summed E-state index contributed by atoms with van der Waals surface area (Å²) in [5.74, 6) is 0.0966. The fourth-order valence-corrected chi connectivity index (χ4v) is 2.49. The minimum atomic E-state index is 0. The molecule has 0 bridgehead atoms. The van der Waals surface area contributed by atoms with Crippen LogP contribution < -0.4 is 22.6 Å². The van der Waals surface area contributed by atoms with Gasteiger partial charge in [-0.15, -0.1) is 10.2 Å². The third kappa shape index (κ3) is 3.90. The Morgan fingerprint density at radius 1 is 0.920 bits per heavy atom. The number of hydrogen-bond donors (Lipinski definition) is 2. The molecule has 3 rings (SSSR count). The van der Waals surface area contributed by atoms with Crippen LogP contribution in [-0.2, 0) is 0 Å². The summed E-state index contributed by atoms with van der Waals surface area (Å²) in [6, 6.07) is 16.9. The van der Waals surface area contributed by atoms with E-state index in [1.165, 1.54) is 0 Å². The molecule has 0 spiro atoms. The lowest BCUT2D eigenvalue weighted by Gasteiger charge is -2.23. The van der Waals surface area contributed by atoms with Crippen LogP contribution in [0.1, 0.15) is 0 Å². The van der Waals surface area contributed by atoms with Crippen LogP contribution in [0, 0.1) is 0 Å². The number of nitrogen functional groups attached to an aromatic ring is 1. The summed E-state index contributed by atoms with van der Waals surface area (Å²) in [5, 5.41) is 20.6. The number of phenolic OH excluding ortho intramolecular Hbond substituents is 1. The van der Waals surface area contributed by atoms with Gasteiger partial charge >= 0.3 is 0 Å². The van der Waals surface area contributed by atoms with E-state index in [9.17, 15) is 5.11 Å². The number of anilines is 1. The molecule has 0 aromatic heterocycles. The van der Waals surface area contributed by atoms with Gasteiger partial charge in [0.1, 0.15) is 22.8 Å². The molecular weight excluding hydrogens is 336 g/mol. The maximum atomic E-state index is 10.3. The molecule has 3 aromatic carbocycles. The fourth-order valence-electron chi connectivity index (χ4n) is 2.49. The van der Waals surface area contributed by atoms with E-state index in [0.717, 1.165) is 16.5 Å². The summed E-state index contributed by atoms with van der Waals surface area (Å²) >= 11 is 0. The minimum Gasteiger partial charge on any atom is -1.00 e. The summed E-state index contributed by atoms with van der Waals surface area (Å²) in [6.07, 6.45) is 0. The lowest BCUT2D eigenvalue weighted by atomic mass is 10.1. The minimum absolute atomic E-state index is 0. The third-order valence-corrected chi connectivity index (χ3v) is 3.92. The molecule has 0 aliphatic rings. The second-order valence-electron chi connectivity index (χ2n) is 6.61. The summed E-state index contributed by atoms with van der Waals surface area (Å²) in [5.41, 5.74) is 8.59. The number of rotatable bonds is 3. The second kappa shape index (κ2) is 7.09. The molecule has 0 radical (unpaired) electrons. The summed E-state index contributed by atoms with van der Waals surface area (Å²) in [6.45, 7) is 0. The Labute approximate surface area is 153 Å². The van der Waals surface area contributed by atoms with E-state index in [-0.39, 0.29) is 18.2 Å². The van der Waals surface area contributed by atoms with E-state index in [0.29, 0.717) is 21.5 Å². The number of quaternary nitrogens is 1. The molecule has 3 N–H and O–H groups in total. The summed E-state index contributed by atoms with van der Waals surface area (Å²) < 4.78 is 0.674. The van der Waals surface area contributed by atoms with E-state index in [1.54, 1.807) is 18.2 Å². The first-order valence-corrected chi connectivity index (χ1v) is 7.70. The van der Waals surface area contributed by atoms with E-state index < -0.39 is 0 Å². The topological polar surface area (TPSA) is 71.0 Å². The maximum absolute atomic E-state index is 10.3. The third-order valence-electron chi connectivity index (χ3n) is 3.92. The van der Waals surface area contributed by atoms with Crippen molar-refractivity contribution in [2.24, 2.45) is 10.2 Å². The van der Waals surface area contributed by atoms with Crippen molar-refractivity contribution in [1.82, 2.24) is 4.48 Å². The van der Waals surface area contributed by atoms with Gasteiger partial charge in [-0.05, 0) is 35.7 Å². The lowest BCUT2D eigenvalue weighted by Crippen LogP contribution is -3.00. The van der Waals surface area contributed by atoms with Crippen molar-refractivity contribution >= 4 is 33.5 Å². The van der Waals surface area contributed by atoms with Crippen LogP contribution in [0.2, 0.25) is 0 Å². The highest BCUT2D eigenvalue weighted by Gasteiger charge is 2.15. The number of benzene rings is 3. The highest BCUT2D eigenvalue weighted by Crippen LogP contribution is 2.38. The smallest absolute Gasteiger partial charge is 0.143 e. The number of nitrogens with two attached hydrogens (primary N) is 1. The first kappa shape index (κ1) is 18.7. The van der Waals surface area contributed by atoms with Crippen LogP contribution in [0.4, 0.5) is 22.7 Å². The highest BCUT2D eigenvalue weighted by molar-refractivity contribution is 5.97. The number of hydrogen-bond acceptors (Lipinski definition) is 4. The fraction of sp³-hybridized carbons (Fsp3) is 0.158. The molecule has 5 nitrogen and oxygen atoms in total. The van der Waals surface area contributed by atoms with Crippen molar-refractivity contribution in [3.8, 4) is 5.75 Å². The maximum Gasteiger partial charge on any atom is 0.143 e. The number of nitrogens with zero attached hydrogens (tertiary/aromatic N) is 3. The van der Waals surface area contributed by atoms with Gasteiger partial charge in [0.15, 0.2) is 0 Å². The van der Waals surface area contributed by atoms with Gasteiger partial charge in [0, 0.05) is 11.5 Å². The van der Waals surface area contributed by atoms with Crippen molar-refractivity contribution in [2.75, 3.05) is 26.9 Å². The molecule has 0 saturated heterocycles. The first-order chi connectivity index (χ1) is 11.4. The average Bonchev–Trinajstić information content (AvgIpc) is 2.54. The van der Waals surface area contributed by atoms with Gasteiger partial charge in [0.05, 0.1) is 26.8 Å². The number of aromatic hydroxyl groups is 1. The molecule has 6 heteroatoms. The molecule has 0 heterocycles. The highest BCUT2D eigenvalue weighted by atomic mass is 35.5. The van der Waals surface area contributed by atoms with Gasteiger partial charge in [-0.2, -0.15) is 0 Å². The van der Waals surface area contributed by atoms with Crippen molar-refractivity contribution in [1.29, 1.82) is 0 Å². The molecule has 0 aliphatic heterocycles. The molecule has 0 fully saturated rings. The molecule has 25 heavy (non-hydrogen) atoms. The predicted octanol–water partition coefficient (Wildman–Crippen LogP) is 1.74. The van der Waals surface area contributed by atoms with Crippen molar-refractivity contribution in [2.45, 2.75) is 0 Å². The van der Waals surface area contributed by atoms with Crippen LogP contribution >= 0.6 is 0 Å². The van der Waals surface area contributed by atoms with Crippen LogP contribution in [0.5, 0.6) is 5.75 Å². The zero-order chi connectivity index (χ0) is 17.3. The number of phenols is 1. The van der Waals surface area contributed by atoms with Crippen LogP contribution in [0.3, 0.4) is 0 Å². The van der Waals surface area contributed by atoms with E-state index in [1.807, 2.05) is 30.3 Å². The van der Waals surface area contributed by atoms with Gasteiger partial charge in [-0.3, -0.25) is 4.48 Å². The van der Waals surface area contributed by atoms with Gasteiger partial charge in [-0.25, -0.2) is 0 Å². The van der Waals surface area contributed by atoms with Crippen LogP contribution in [-0.4, -0.2) is 26.2 Å². The zero-order valence-corrected chi connectivity index (χ0v) is 15.2. The zero-order valence-electron chi connectivity index (χ0n) is 14.4. The van der Waals surface area contributed by atoms with Gasteiger partial charge in [0.2, 0.25) is 0 Å². The van der Waals surface area contributed by atoms with Crippen molar-refractivity contribution < 1.29 is 17.5 Å². The van der Waals surface area contributed by atoms with Gasteiger partial charge in [-0.1, -0.05) is 18.2 Å². The summed E-state index contributed by atoms with van der Waals surface area (Å²) in [4.78, 5) is 0. The largest absolute Gasteiger partial charge is 1.00 e. The van der Waals surface area contributed by atoms with E-state index in [4.69, 9.17) is 5.73 Å². The quantitative estimate of drug-likeness (QED) is 0.426. The van der Waals surface area contributed by atoms with E-state index in [2.05, 4.69) is 37.4 Å². The Morgan fingerprint density at radius 3 is 2.28 bits per heavy atom. The Bertz CT molecular complexity index is 932. The number of fused-ring (bicyclic) bond motifs is 1. The Morgan fingerprint density at radius 2 is 1.60 bits per heavy atom. The van der Waals surface area contributed by atoms with E-state index >= 15 is 0 Å². The number of halogens is 1. The molecule has 0 amide bonds. The second-order valence-corrected chi connectivity index (χ2v) is 6.61. The van der Waals surface area contributed by atoms with Crippen LogP contribution in [0.25, 0.3) is 10.8 Å². The predicted molar refractivity (Wildman–Crippen MR) is 100 cm³/mol. The molecule has 0 aliphatic carbocycles. The van der Waals surface area contributed by atoms with Crippen molar-refractivity contribution in [3.05, 3.63) is 54.6 Å². The normalized spacial score (nSPS) is 11.6. The lowest BCUT2D eigenvalue weighted by molar-refractivity contribution is -0.00000608. The van der Waals surface area contributed by atoms with Gasteiger partial charge < -0.3 is 23.2 Å². The standard InChI is InChI=1S/C19H20N4O.ClH/c1-23(2,3)14-10-8-13-9-11-18(24)19(15(13)12-14)22-21-17-7-5-4-6-16(17)20;/h4-12H,1-3H3,(H2-,20,21,22,24);1H.